The third kappa shape index (κ3) is 1.12. The number of nitrogens with one attached hydrogen (secondary N) is 1. The molecule has 1 aromatic rings. The van der Waals surface area contributed by atoms with Gasteiger partial charge in [0.2, 0.25) is 5.91 Å². The molecule has 0 bridgehead atoms. The number of fused-ring (bicyclic) bond motifs is 1. The Balaban J connectivity index is 1.74. The van der Waals surface area contributed by atoms with Crippen molar-refractivity contribution in [3.05, 3.63) is 29.8 Å². The topological polar surface area (TPSA) is 32.3 Å². The number of benzene rings is 1. The van der Waals surface area contributed by atoms with Crippen LogP contribution in [-0.4, -0.2) is 29.4 Å². The predicted octanol–water partition coefficient (Wildman–Crippen LogP) is 2.52. The fourth-order valence-electron chi connectivity index (χ4n) is 5.63. The number of carbonyl (C=O) groups is 1. The lowest BCUT2D eigenvalue weighted by atomic mass is 9.60. The van der Waals surface area contributed by atoms with Crippen molar-refractivity contribution in [1.82, 2.24) is 4.90 Å². The Morgan fingerprint density at radius 2 is 2.10 bits per heavy atom. The first-order chi connectivity index (χ1) is 9.80. The van der Waals surface area contributed by atoms with E-state index >= 15 is 0 Å². The van der Waals surface area contributed by atoms with Gasteiger partial charge in [-0.15, -0.1) is 0 Å². The van der Waals surface area contributed by atoms with Crippen LogP contribution in [0.15, 0.2) is 24.3 Å². The van der Waals surface area contributed by atoms with Gasteiger partial charge in [0.15, 0.2) is 0 Å². The van der Waals surface area contributed by atoms with Crippen molar-refractivity contribution in [3.8, 4) is 0 Å². The minimum absolute atomic E-state index is 0.0665. The number of anilines is 1. The molecule has 104 valence electrons. The molecule has 3 aliphatic heterocycles. The van der Waals surface area contributed by atoms with Crippen molar-refractivity contribution in [1.29, 1.82) is 0 Å². The zero-order chi connectivity index (χ0) is 13.3. The average molecular weight is 268 g/mol. The summed E-state index contributed by atoms with van der Waals surface area (Å²) in [6.45, 7) is 0.983. The van der Waals surface area contributed by atoms with Gasteiger partial charge in [-0.1, -0.05) is 18.2 Å². The van der Waals surface area contributed by atoms with E-state index in [9.17, 15) is 4.79 Å². The number of nitrogens with zero attached hydrogens (tertiary/aromatic N) is 1. The number of piperidine rings is 1. The monoisotopic (exact) mass is 268 g/mol. The summed E-state index contributed by atoms with van der Waals surface area (Å²) in [6.07, 6.45) is 5.73. The second kappa shape index (κ2) is 3.57. The van der Waals surface area contributed by atoms with Gasteiger partial charge in [0.1, 0.15) is 0 Å². The van der Waals surface area contributed by atoms with Gasteiger partial charge in [0, 0.05) is 36.2 Å². The molecule has 2 saturated heterocycles. The van der Waals surface area contributed by atoms with Crippen LogP contribution in [0.4, 0.5) is 5.69 Å². The van der Waals surface area contributed by atoms with Gasteiger partial charge < -0.3 is 10.2 Å². The number of amides is 1. The quantitative estimate of drug-likeness (QED) is 0.784. The van der Waals surface area contributed by atoms with Gasteiger partial charge in [-0.05, 0) is 43.2 Å². The molecular formula is C17H20N2O. The van der Waals surface area contributed by atoms with Crippen LogP contribution >= 0.6 is 0 Å². The minimum Gasteiger partial charge on any atom is -0.381 e. The molecule has 3 fully saturated rings. The van der Waals surface area contributed by atoms with Crippen molar-refractivity contribution in [2.75, 3.05) is 11.9 Å². The second-order valence-electron chi connectivity index (χ2n) is 6.97. The first kappa shape index (κ1) is 11.2. The van der Waals surface area contributed by atoms with E-state index in [-0.39, 0.29) is 5.41 Å². The molecule has 1 N–H and O–H groups in total. The van der Waals surface area contributed by atoms with E-state index in [1.807, 2.05) is 0 Å². The second-order valence-corrected chi connectivity index (χ2v) is 6.97. The molecule has 0 unspecified atom stereocenters. The summed E-state index contributed by atoms with van der Waals surface area (Å²) < 4.78 is 0. The van der Waals surface area contributed by atoms with E-state index in [1.54, 1.807) is 0 Å². The Morgan fingerprint density at radius 1 is 1.20 bits per heavy atom. The fraction of sp³-hybridized carbons (Fsp3) is 0.588. The summed E-state index contributed by atoms with van der Waals surface area (Å²) in [4.78, 5) is 14.8. The lowest BCUT2D eigenvalue weighted by Gasteiger charge is -2.50. The zero-order valence-electron chi connectivity index (χ0n) is 11.6. The number of rotatable bonds is 0. The highest BCUT2D eigenvalue weighted by molar-refractivity contribution is 5.85. The van der Waals surface area contributed by atoms with Crippen molar-refractivity contribution in [2.24, 2.45) is 5.92 Å². The largest absolute Gasteiger partial charge is 0.381 e. The molecule has 1 aromatic carbocycles. The summed E-state index contributed by atoms with van der Waals surface area (Å²) in [5.74, 6) is 1.12. The molecule has 1 saturated carbocycles. The normalized spacial score (nSPS) is 40.9. The highest BCUT2D eigenvalue weighted by Gasteiger charge is 2.64. The summed E-state index contributed by atoms with van der Waals surface area (Å²) in [5.41, 5.74) is 2.76. The third-order valence-corrected chi connectivity index (χ3v) is 6.25. The van der Waals surface area contributed by atoms with Crippen LogP contribution in [0, 0.1) is 5.92 Å². The van der Waals surface area contributed by atoms with E-state index in [2.05, 4.69) is 34.5 Å². The highest BCUT2D eigenvalue weighted by Crippen LogP contribution is 2.58. The maximum atomic E-state index is 12.6. The SMILES string of the molecule is O=C1C[C@@]23c4ccccc4N[C@@H]2CC[C@@H]2CCCN1[C@H]23. The number of para-hydroxylation sites is 1. The van der Waals surface area contributed by atoms with Crippen LogP contribution in [0.2, 0.25) is 0 Å². The van der Waals surface area contributed by atoms with Crippen LogP contribution in [0.3, 0.4) is 0 Å². The standard InChI is InChI=1S/C17H20N2O/c20-15-10-17-12-5-1-2-6-13(12)18-14(17)8-7-11-4-3-9-19(15)16(11)17/h1-2,5-6,11,14,16,18H,3-4,7-10H2/t11-,14+,16+,17+/m0/s1. The molecule has 0 radical (unpaired) electrons. The Bertz CT molecular complexity index is 598. The number of carbonyl (C=O) groups excluding carboxylic acids is 1. The van der Waals surface area contributed by atoms with Crippen LogP contribution in [-0.2, 0) is 10.2 Å². The van der Waals surface area contributed by atoms with Crippen LogP contribution in [0.5, 0.6) is 0 Å². The molecule has 3 heterocycles. The number of hydrogen-bond acceptors (Lipinski definition) is 2. The van der Waals surface area contributed by atoms with Crippen molar-refractivity contribution in [2.45, 2.75) is 49.6 Å². The van der Waals surface area contributed by atoms with E-state index in [4.69, 9.17) is 0 Å². The number of hydrogen-bond donors (Lipinski definition) is 1. The predicted molar refractivity (Wildman–Crippen MR) is 77.6 cm³/mol. The van der Waals surface area contributed by atoms with E-state index in [0.29, 0.717) is 18.0 Å². The van der Waals surface area contributed by atoms with Crippen molar-refractivity contribution in [3.63, 3.8) is 0 Å². The van der Waals surface area contributed by atoms with Gasteiger partial charge in [-0.25, -0.2) is 0 Å². The first-order valence-corrected chi connectivity index (χ1v) is 7.96. The van der Waals surface area contributed by atoms with Gasteiger partial charge in [0.25, 0.3) is 0 Å². The molecule has 1 spiro atoms. The van der Waals surface area contributed by atoms with Gasteiger partial charge in [-0.3, -0.25) is 4.79 Å². The third-order valence-electron chi connectivity index (χ3n) is 6.25. The molecule has 3 heteroatoms. The van der Waals surface area contributed by atoms with Gasteiger partial charge in [0.05, 0.1) is 0 Å². The van der Waals surface area contributed by atoms with Crippen molar-refractivity contribution < 1.29 is 4.79 Å². The molecule has 1 aliphatic carbocycles. The Labute approximate surface area is 119 Å². The van der Waals surface area contributed by atoms with E-state index < -0.39 is 0 Å². The van der Waals surface area contributed by atoms with Crippen LogP contribution < -0.4 is 5.32 Å². The summed E-state index contributed by atoms with van der Waals surface area (Å²) in [6, 6.07) is 9.61. The lowest BCUT2D eigenvalue weighted by Crippen LogP contribution is -2.58. The fourth-order valence-corrected chi connectivity index (χ4v) is 5.63. The van der Waals surface area contributed by atoms with Crippen LogP contribution in [0.1, 0.15) is 37.7 Å². The maximum Gasteiger partial charge on any atom is 0.223 e. The minimum atomic E-state index is 0.0665. The molecule has 0 aromatic heterocycles. The first-order valence-electron chi connectivity index (χ1n) is 7.96. The molecule has 3 nitrogen and oxygen atoms in total. The molecular weight excluding hydrogens is 248 g/mol. The summed E-state index contributed by atoms with van der Waals surface area (Å²) >= 11 is 0. The summed E-state index contributed by atoms with van der Waals surface area (Å²) in [7, 11) is 0. The Hall–Kier alpha value is -1.51. The van der Waals surface area contributed by atoms with E-state index in [0.717, 1.165) is 18.9 Å². The lowest BCUT2D eigenvalue weighted by molar-refractivity contribution is -0.130. The van der Waals surface area contributed by atoms with Gasteiger partial charge in [-0.2, -0.15) is 0 Å². The van der Waals surface area contributed by atoms with Crippen LogP contribution in [0.25, 0.3) is 0 Å². The Morgan fingerprint density at radius 3 is 3.05 bits per heavy atom. The highest BCUT2D eigenvalue weighted by atomic mass is 16.2. The molecule has 4 atom stereocenters. The molecule has 5 rings (SSSR count). The Kier molecular flexibility index (Phi) is 2.00. The maximum absolute atomic E-state index is 12.6. The average Bonchev–Trinajstić information content (AvgIpc) is 2.96. The zero-order valence-corrected chi connectivity index (χ0v) is 11.6. The van der Waals surface area contributed by atoms with Gasteiger partial charge >= 0.3 is 0 Å². The van der Waals surface area contributed by atoms with E-state index in [1.165, 1.54) is 36.9 Å². The molecule has 20 heavy (non-hydrogen) atoms. The molecule has 4 aliphatic rings. The summed E-state index contributed by atoms with van der Waals surface area (Å²) in [5, 5.41) is 3.73. The smallest absolute Gasteiger partial charge is 0.223 e. The van der Waals surface area contributed by atoms with Crippen molar-refractivity contribution >= 4 is 11.6 Å². The molecule has 1 amide bonds.